The van der Waals surface area contributed by atoms with E-state index in [9.17, 15) is 4.79 Å². The molecule has 4 heterocycles. The van der Waals surface area contributed by atoms with Crippen molar-refractivity contribution in [3.8, 4) is 11.4 Å². The van der Waals surface area contributed by atoms with Crippen molar-refractivity contribution >= 4 is 29.1 Å². The number of benzene rings is 1. The standard InChI is InChI=1S/C21H21Cl2N5O/c1-2-12-7-14-9-24-25-19(14)20-15-11-27(6-5-18(15)26-28(20)10-12)21(29)13-3-4-16(22)17(23)8-13/h3-4,8-9,12H,2,5-7,10-11H2,1H3,(H,24,25). The number of nitrogens with zero attached hydrogens (tertiary/aromatic N) is 4. The molecular formula is C21H21Cl2N5O. The van der Waals surface area contributed by atoms with Gasteiger partial charge in [0, 0.05) is 30.6 Å². The van der Waals surface area contributed by atoms with Gasteiger partial charge in [0.25, 0.3) is 5.91 Å². The molecule has 1 N–H and O–H groups in total. The van der Waals surface area contributed by atoms with E-state index in [2.05, 4.69) is 21.8 Å². The van der Waals surface area contributed by atoms with Crippen LogP contribution in [0.15, 0.2) is 24.4 Å². The topological polar surface area (TPSA) is 66.8 Å². The first-order valence-electron chi connectivity index (χ1n) is 9.90. The quantitative estimate of drug-likeness (QED) is 0.657. The maximum Gasteiger partial charge on any atom is 0.254 e. The SMILES string of the molecule is CCC1Cc2cn[nH]c2-c2c3c(nn2C1)CCN(C(=O)c1ccc(Cl)c(Cl)c1)C3. The van der Waals surface area contributed by atoms with Crippen LogP contribution in [0.1, 0.15) is 40.5 Å². The van der Waals surface area contributed by atoms with Gasteiger partial charge in [-0.1, -0.05) is 36.5 Å². The Kier molecular flexibility index (Phi) is 4.63. The molecule has 1 amide bonds. The summed E-state index contributed by atoms with van der Waals surface area (Å²) in [6.45, 7) is 4.27. The van der Waals surface area contributed by atoms with E-state index in [0.29, 0.717) is 34.6 Å². The molecule has 1 aromatic carbocycles. The average Bonchev–Trinajstić information content (AvgIpc) is 3.28. The average molecular weight is 430 g/mol. The molecular weight excluding hydrogens is 409 g/mol. The van der Waals surface area contributed by atoms with Gasteiger partial charge in [-0.25, -0.2) is 0 Å². The summed E-state index contributed by atoms with van der Waals surface area (Å²) in [6, 6.07) is 5.03. The predicted molar refractivity (Wildman–Crippen MR) is 112 cm³/mol. The van der Waals surface area contributed by atoms with Gasteiger partial charge >= 0.3 is 0 Å². The van der Waals surface area contributed by atoms with E-state index in [0.717, 1.165) is 48.5 Å². The molecule has 0 fully saturated rings. The van der Waals surface area contributed by atoms with Crippen LogP contribution in [-0.4, -0.2) is 37.3 Å². The lowest BCUT2D eigenvalue weighted by atomic mass is 9.97. The number of aromatic nitrogens is 4. The molecule has 1 atom stereocenters. The van der Waals surface area contributed by atoms with Crippen LogP contribution in [0.4, 0.5) is 0 Å². The normalized spacial score (nSPS) is 18.0. The molecule has 0 radical (unpaired) electrons. The predicted octanol–water partition coefficient (Wildman–Crippen LogP) is 4.36. The summed E-state index contributed by atoms with van der Waals surface area (Å²) in [5.74, 6) is 0.488. The molecule has 1 unspecified atom stereocenters. The fraction of sp³-hybridized carbons (Fsp3) is 0.381. The first-order valence-corrected chi connectivity index (χ1v) is 10.7. The van der Waals surface area contributed by atoms with Crippen LogP contribution < -0.4 is 0 Å². The Hall–Kier alpha value is -2.31. The van der Waals surface area contributed by atoms with Crippen LogP contribution in [0.2, 0.25) is 10.0 Å². The Morgan fingerprint density at radius 3 is 2.97 bits per heavy atom. The maximum absolute atomic E-state index is 13.1. The van der Waals surface area contributed by atoms with Gasteiger partial charge in [0.1, 0.15) is 0 Å². The van der Waals surface area contributed by atoms with E-state index in [-0.39, 0.29) is 5.91 Å². The highest BCUT2D eigenvalue weighted by Crippen LogP contribution is 2.36. The van der Waals surface area contributed by atoms with Crippen LogP contribution in [0, 0.1) is 5.92 Å². The van der Waals surface area contributed by atoms with Crippen molar-refractivity contribution in [3.05, 3.63) is 56.8 Å². The number of hydrogen-bond acceptors (Lipinski definition) is 3. The summed E-state index contributed by atoms with van der Waals surface area (Å²) in [7, 11) is 0. The summed E-state index contributed by atoms with van der Waals surface area (Å²) in [5, 5.41) is 13.2. The second kappa shape index (κ2) is 7.18. The van der Waals surface area contributed by atoms with Gasteiger partial charge in [0.2, 0.25) is 0 Å². The van der Waals surface area contributed by atoms with Crippen LogP contribution in [0.3, 0.4) is 0 Å². The van der Waals surface area contributed by atoms with E-state index in [1.807, 2.05) is 11.1 Å². The third-order valence-corrected chi connectivity index (χ3v) is 6.77. The number of halogens is 2. The van der Waals surface area contributed by atoms with E-state index >= 15 is 0 Å². The van der Waals surface area contributed by atoms with Gasteiger partial charge in [-0.2, -0.15) is 10.2 Å². The van der Waals surface area contributed by atoms with Gasteiger partial charge in [0.15, 0.2) is 0 Å². The highest BCUT2D eigenvalue weighted by atomic mass is 35.5. The van der Waals surface area contributed by atoms with E-state index in [1.165, 1.54) is 5.56 Å². The fourth-order valence-electron chi connectivity index (χ4n) is 4.39. The van der Waals surface area contributed by atoms with Crippen LogP contribution in [0.25, 0.3) is 11.4 Å². The minimum absolute atomic E-state index is 0.0425. The summed E-state index contributed by atoms with van der Waals surface area (Å²) in [6.07, 6.45) is 4.75. The molecule has 2 aromatic heterocycles. The van der Waals surface area contributed by atoms with Crippen molar-refractivity contribution in [2.24, 2.45) is 5.92 Å². The van der Waals surface area contributed by atoms with E-state index < -0.39 is 0 Å². The number of aromatic amines is 1. The Morgan fingerprint density at radius 1 is 1.31 bits per heavy atom. The number of rotatable bonds is 2. The zero-order valence-electron chi connectivity index (χ0n) is 16.1. The van der Waals surface area contributed by atoms with Gasteiger partial charge in [0.05, 0.1) is 39.9 Å². The second-order valence-electron chi connectivity index (χ2n) is 7.81. The summed E-state index contributed by atoms with van der Waals surface area (Å²) >= 11 is 12.1. The molecule has 0 aliphatic carbocycles. The van der Waals surface area contributed by atoms with Crippen molar-refractivity contribution in [2.45, 2.75) is 39.3 Å². The smallest absolute Gasteiger partial charge is 0.254 e. The summed E-state index contributed by atoms with van der Waals surface area (Å²) < 4.78 is 2.12. The highest BCUT2D eigenvalue weighted by molar-refractivity contribution is 6.42. The summed E-state index contributed by atoms with van der Waals surface area (Å²) in [5.41, 5.74) is 6.09. The van der Waals surface area contributed by atoms with Crippen molar-refractivity contribution < 1.29 is 4.79 Å². The van der Waals surface area contributed by atoms with Crippen LogP contribution in [0.5, 0.6) is 0 Å². The highest BCUT2D eigenvalue weighted by Gasteiger charge is 2.32. The molecule has 0 bridgehead atoms. The molecule has 2 aliphatic heterocycles. The van der Waals surface area contributed by atoms with Crippen molar-refractivity contribution in [1.82, 2.24) is 24.9 Å². The first-order chi connectivity index (χ1) is 14.0. The van der Waals surface area contributed by atoms with Gasteiger partial charge < -0.3 is 4.90 Å². The number of carbonyl (C=O) groups excluding carboxylic acids is 1. The van der Waals surface area contributed by atoms with Crippen LogP contribution in [-0.2, 0) is 25.9 Å². The van der Waals surface area contributed by atoms with Gasteiger partial charge in [-0.15, -0.1) is 0 Å². The summed E-state index contributed by atoms with van der Waals surface area (Å²) in [4.78, 5) is 15.0. The molecule has 150 valence electrons. The number of carbonyl (C=O) groups is 1. The maximum atomic E-state index is 13.1. The van der Waals surface area contributed by atoms with E-state index in [4.69, 9.17) is 28.3 Å². The Bertz CT molecular complexity index is 1100. The third kappa shape index (κ3) is 3.15. The lowest BCUT2D eigenvalue weighted by Gasteiger charge is -2.27. The molecule has 6 nitrogen and oxygen atoms in total. The molecule has 2 aliphatic rings. The zero-order chi connectivity index (χ0) is 20.1. The Balaban J connectivity index is 1.51. The molecule has 5 rings (SSSR count). The molecule has 0 spiro atoms. The molecule has 29 heavy (non-hydrogen) atoms. The first kappa shape index (κ1) is 18.7. The van der Waals surface area contributed by atoms with Gasteiger partial charge in [-0.3, -0.25) is 14.6 Å². The largest absolute Gasteiger partial charge is 0.334 e. The van der Waals surface area contributed by atoms with Crippen LogP contribution >= 0.6 is 23.2 Å². The number of fused-ring (bicyclic) bond motifs is 5. The minimum atomic E-state index is -0.0425. The zero-order valence-corrected chi connectivity index (χ0v) is 17.6. The van der Waals surface area contributed by atoms with E-state index in [1.54, 1.807) is 18.2 Å². The minimum Gasteiger partial charge on any atom is -0.334 e. The molecule has 0 saturated heterocycles. The number of amides is 1. The second-order valence-corrected chi connectivity index (χ2v) is 8.62. The van der Waals surface area contributed by atoms with Crippen molar-refractivity contribution in [2.75, 3.05) is 6.54 Å². The Morgan fingerprint density at radius 2 is 2.17 bits per heavy atom. The fourth-order valence-corrected chi connectivity index (χ4v) is 4.69. The van der Waals surface area contributed by atoms with Crippen molar-refractivity contribution in [1.29, 1.82) is 0 Å². The van der Waals surface area contributed by atoms with Crippen molar-refractivity contribution in [3.63, 3.8) is 0 Å². The monoisotopic (exact) mass is 429 g/mol. The Labute approximate surface area is 178 Å². The lowest BCUT2D eigenvalue weighted by molar-refractivity contribution is 0.0734. The lowest BCUT2D eigenvalue weighted by Crippen LogP contribution is -2.36. The number of H-pyrrole nitrogens is 1. The molecule has 3 aromatic rings. The molecule has 8 heteroatoms. The van der Waals surface area contributed by atoms with Gasteiger partial charge in [-0.05, 0) is 36.1 Å². The number of hydrogen-bond donors (Lipinski definition) is 1. The number of nitrogens with one attached hydrogen (secondary N) is 1. The third-order valence-electron chi connectivity index (χ3n) is 6.03. The molecule has 0 saturated carbocycles.